The average Bonchev–Trinajstić information content (AvgIpc) is 2.38. The quantitative estimate of drug-likeness (QED) is 0.890. The van der Waals surface area contributed by atoms with E-state index in [9.17, 15) is 8.42 Å². The lowest BCUT2D eigenvalue weighted by Crippen LogP contribution is -2.50. The summed E-state index contributed by atoms with van der Waals surface area (Å²) in [6.45, 7) is 4.04. The Morgan fingerprint density at radius 3 is 2.53 bits per heavy atom. The molecule has 6 heteroatoms. The molecule has 0 radical (unpaired) electrons. The Balaban J connectivity index is 2.26. The van der Waals surface area contributed by atoms with E-state index in [1.54, 1.807) is 31.2 Å². The van der Waals surface area contributed by atoms with E-state index in [0.717, 1.165) is 5.56 Å². The van der Waals surface area contributed by atoms with E-state index in [2.05, 4.69) is 0 Å². The first-order valence-corrected chi connectivity index (χ1v) is 7.70. The number of morpholine rings is 1. The molecule has 1 aromatic rings. The number of benzene rings is 1. The largest absolute Gasteiger partial charge is 0.394 e. The minimum Gasteiger partial charge on any atom is -0.394 e. The summed E-state index contributed by atoms with van der Waals surface area (Å²) in [5.41, 5.74) is 1.02. The van der Waals surface area contributed by atoms with Crippen LogP contribution in [0.3, 0.4) is 0 Å². The minimum absolute atomic E-state index is 0.176. The van der Waals surface area contributed by atoms with Gasteiger partial charge in [-0.2, -0.15) is 4.31 Å². The van der Waals surface area contributed by atoms with Crippen LogP contribution in [0.25, 0.3) is 0 Å². The van der Waals surface area contributed by atoms with E-state index in [-0.39, 0.29) is 24.2 Å². The lowest BCUT2D eigenvalue weighted by Gasteiger charge is -2.35. The number of hydrogen-bond donors (Lipinski definition) is 1. The van der Waals surface area contributed by atoms with Crippen molar-refractivity contribution in [1.82, 2.24) is 4.31 Å². The number of hydrogen-bond acceptors (Lipinski definition) is 4. The summed E-state index contributed by atoms with van der Waals surface area (Å²) in [6.07, 6.45) is -0.671. The second kappa shape index (κ2) is 5.58. The van der Waals surface area contributed by atoms with Crippen molar-refractivity contribution in [1.29, 1.82) is 0 Å². The van der Waals surface area contributed by atoms with Crippen molar-refractivity contribution in [3.63, 3.8) is 0 Å². The van der Waals surface area contributed by atoms with Crippen molar-refractivity contribution < 1.29 is 18.3 Å². The maximum absolute atomic E-state index is 12.5. The van der Waals surface area contributed by atoms with E-state index in [0.29, 0.717) is 6.54 Å². The fraction of sp³-hybridized carbons (Fsp3) is 0.538. The molecule has 5 nitrogen and oxygen atoms in total. The summed E-state index contributed by atoms with van der Waals surface area (Å²) < 4.78 is 31.8. The molecule has 1 fully saturated rings. The third kappa shape index (κ3) is 3.14. The predicted molar refractivity (Wildman–Crippen MR) is 71.4 cm³/mol. The van der Waals surface area contributed by atoms with Gasteiger partial charge >= 0.3 is 0 Å². The molecule has 0 spiro atoms. The topological polar surface area (TPSA) is 66.8 Å². The maximum atomic E-state index is 12.5. The van der Waals surface area contributed by atoms with Crippen molar-refractivity contribution in [3.8, 4) is 0 Å². The van der Waals surface area contributed by atoms with E-state index in [1.807, 2.05) is 6.92 Å². The lowest BCUT2D eigenvalue weighted by atomic mass is 10.2. The Morgan fingerprint density at radius 2 is 1.95 bits per heavy atom. The Morgan fingerprint density at radius 1 is 1.32 bits per heavy atom. The van der Waals surface area contributed by atoms with Crippen LogP contribution in [0.4, 0.5) is 0 Å². The van der Waals surface area contributed by atoms with Crippen LogP contribution >= 0.6 is 0 Å². The first-order chi connectivity index (χ1) is 8.93. The summed E-state index contributed by atoms with van der Waals surface area (Å²) >= 11 is 0. The van der Waals surface area contributed by atoms with Crippen LogP contribution in [-0.2, 0) is 14.8 Å². The van der Waals surface area contributed by atoms with Crippen molar-refractivity contribution in [3.05, 3.63) is 29.8 Å². The smallest absolute Gasteiger partial charge is 0.243 e. The van der Waals surface area contributed by atoms with Gasteiger partial charge in [0.25, 0.3) is 0 Å². The van der Waals surface area contributed by atoms with Crippen molar-refractivity contribution in [2.45, 2.75) is 31.0 Å². The van der Waals surface area contributed by atoms with Gasteiger partial charge in [-0.3, -0.25) is 0 Å². The molecule has 1 aromatic carbocycles. The molecule has 0 aromatic heterocycles. The van der Waals surface area contributed by atoms with Gasteiger partial charge in [-0.1, -0.05) is 17.7 Å². The van der Waals surface area contributed by atoms with Gasteiger partial charge in [0.2, 0.25) is 10.0 Å². The fourth-order valence-electron chi connectivity index (χ4n) is 2.16. The summed E-state index contributed by atoms with van der Waals surface area (Å²) in [5, 5.41) is 9.15. The van der Waals surface area contributed by atoms with Gasteiger partial charge in [0, 0.05) is 13.1 Å². The highest BCUT2D eigenvalue weighted by Crippen LogP contribution is 2.21. The highest BCUT2D eigenvalue weighted by molar-refractivity contribution is 7.89. The van der Waals surface area contributed by atoms with Crippen LogP contribution in [0, 0.1) is 6.92 Å². The first-order valence-electron chi connectivity index (χ1n) is 6.26. The van der Waals surface area contributed by atoms with E-state index >= 15 is 0 Å². The van der Waals surface area contributed by atoms with E-state index < -0.39 is 16.1 Å². The zero-order valence-electron chi connectivity index (χ0n) is 11.1. The molecular weight excluding hydrogens is 266 g/mol. The highest BCUT2D eigenvalue weighted by atomic mass is 32.2. The number of rotatable bonds is 3. The van der Waals surface area contributed by atoms with Gasteiger partial charge in [-0.05, 0) is 26.0 Å². The molecule has 1 saturated heterocycles. The van der Waals surface area contributed by atoms with Crippen LogP contribution in [0.5, 0.6) is 0 Å². The van der Waals surface area contributed by atoms with E-state index in [1.165, 1.54) is 4.31 Å². The monoisotopic (exact) mass is 285 g/mol. The van der Waals surface area contributed by atoms with Gasteiger partial charge in [-0.25, -0.2) is 8.42 Å². The van der Waals surface area contributed by atoms with Crippen molar-refractivity contribution in [2.24, 2.45) is 0 Å². The molecule has 1 N–H and O–H groups in total. The zero-order chi connectivity index (χ0) is 14.0. The Hall–Kier alpha value is -0.950. The van der Waals surface area contributed by atoms with Crippen LogP contribution < -0.4 is 0 Å². The standard InChI is InChI=1S/C13H19NO4S/c1-10-3-5-13(6-4-10)19(16,17)14-7-11(2)18-12(8-14)9-15/h3-6,11-12,15H,7-9H2,1-2H3/t11-,12-/m1/s1. The SMILES string of the molecule is Cc1ccc(S(=O)(=O)N2C[C@H](CO)O[C@H](C)C2)cc1. The number of ether oxygens (including phenoxy) is 1. The number of aliphatic hydroxyl groups excluding tert-OH is 1. The Kier molecular flexibility index (Phi) is 4.25. The average molecular weight is 285 g/mol. The van der Waals surface area contributed by atoms with Gasteiger partial charge in [0.1, 0.15) is 0 Å². The molecule has 1 aliphatic rings. The van der Waals surface area contributed by atoms with Gasteiger partial charge in [-0.15, -0.1) is 0 Å². The molecule has 2 atom stereocenters. The number of aliphatic hydroxyl groups is 1. The van der Waals surface area contributed by atoms with Gasteiger partial charge in [0.05, 0.1) is 23.7 Å². The number of sulfonamides is 1. The second-order valence-electron chi connectivity index (χ2n) is 4.89. The first kappa shape index (κ1) is 14.5. The second-order valence-corrected chi connectivity index (χ2v) is 6.82. The van der Waals surface area contributed by atoms with Crippen LogP contribution in [0.2, 0.25) is 0 Å². The summed E-state index contributed by atoms with van der Waals surface area (Å²) in [4.78, 5) is 0.281. The third-order valence-corrected chi connectivity index (χ3v) is 5.00. The molecule has 0 amide bonds. The number of nitrogens with zero attached hydrogens (tertiary/aromatic N) is 1. The van der Waals surface area contributed by atoms with Crippen LogP contribution in [-0.4, -0.2) is 49.7 Å². The van der Waals surface area contributed by atoms with Gasteiger partial charge in [0.15, 0.2) is 0 Å². The molecule has 106 valence electrons. The van der Waals surface area contributed by atoms with E-state index in [4.69, 9.17) is 9.84 Å². The maximum Gasteiger partial charge on any atom is 0.243 e. The summed E-state index contributed by atoms with van der Waals surface area (Å²) in [6, 6.07) is 6.78. The molecule has 0 aliphatic carbocycles. The molecule has 1 aliphatic heterocycles. The van der Waals surface area contributed by atoms with Crippen LogP contribution in [0.15, 0.2) is 29.2 Å². The summed E-state index contributed by atoms with van der Waals surface area (Å²) in [5.74, 6) is 0. The minimum atomic E-state index is -3.51. The molecule has 0 bridgehead atoms. The van der Waals surface area contributed by atoms with Crippen LogP contribution in [0.1, 0.15) is 12.5 Å². The Bertz CT molecular complexity index is 526. The van der Waals surface area contributed by atoms with Gasteiger partial charge < -0.3 is 9.84 Å². The number of aryl methyl sites for hydroxylation is 1. The fourth-order valence-corrected chi connectivity index (χ4v) is 3.71. The molecule has 2 rings (SSSR count). The lowest BCUT2D eigenvalue weighted by molar-refractivity contribution is -0.0750. The summed E-state index contributed by atoms with van der Waals surface area (Å²) in [7, 11) is -3.51. The Labute approximate surface area is 113 Å². The van der Waals surface area contributed by atoms with Crippen molar-refractivity contribution in [2.75, 3.05) is 19.7 Å². The predicted octanol–water partition coefficient (Wildman–Crippen LogP) is 0.765. The third-order valence-electron chi connectivity index (χ3n) is 3.16. The molecular formula is C13H19NO4S. The molecule has 0 saturated carbocycles. The zero-order valence-corrected chi connectivity index (χ0v) is 11.9. The molecule has 19 heavy (non-hydrogen) atoms. The normalized spacial score (nSPS) is 25.4. The highest BCUT2D eigenvalue weighted by Gasteiger charge is 2.33. The molecule has 1 heterocycles. The molecule has 0 unspecified atom stereocenters. The van der Waals surface area contributed by atoms with Crippen molar-refractivity contribution >= 4 is 10.0 Å².